The summed E-state index contributed by atoms with van der Waals surface area (Å²) in [6.07, 6.45) is 2.47. The monoisotopic (exact) mass is 218 g/mol. The summed E-state index contributed by atoms with van der Waals surface area (Å²) in [5.41, 5.74) is 0.834. The number of carbonyl (C=O) groups is 1. The Balaban J connectivity index is 2.64. The molecule has 0 radical (unpaired) electrons. The fourth-order valence-corrected chi connectivity index (χ4v) is 1.13. The Labute approximate surface area is 95.0 Å². The Hall–Kier alpha value is -2.03. The van der Waals surface area contributed by atoms with Crippen LogP contribution in [0, 0.1) is 0 Å². The van der Waals surface area contributed by atoms with E-state index >= 15 is 0 Å². The molecule has 0 saturated heterocycles. The van der Waals surface area contributed by atoms with Crippen molar-refractivity contribution in [3.8, 4) is 0 Å². The van der Waals surface area contributed by atoms with Gasteiger partial charge in [-0.05, 0) is 13.0 Å². The van der Waals surface area contributed by atoms with Crippen molar-refractivity contribution in [2.75, 3.05) is 6.61 Å². The number of allylic oxidation sites excluding steroid dienone is 1. The van der Waals surface area contributed by atoms with E-state index in [1.165, 1.54) is 6.08 Å². The van der Waals surface area contributed by atoms with E-state index in [0.29, 0.717) is 5.76 Å². The summed E-state index contributed by atoms with van der Waals surface area (Å²) in [7, 11) is 0. The first-order chi connectivity index (χ1) is 7.77. The van der Waals surface area contributed by atoms with E-state index in [1.54, 1.807) is 13.0 Å². The van der Waals surface area contributed by atoms with Crippen LogP contribution in [0.3, 0.4) is 0 Å². The van der Waals surface area contributed by atoms with Gasteiger partial charge in [0.15, 0.2) is 0 Å². The third-order valence-electron chi connectivity index (χ3n) is 1.83. The Morgan fingerprint density at radius 2 is 2.06 bits per heavy atom. The van der Waals surface area contributed by atoms with E-state index < -0.39 is 6.16 Å². The lowest BCUT2D eigenvalue weighted by atomic mass is 10.2. The molecule has 0 N–H and O–H groups in total. The van der Waals surface area contributed by atoms with Crippen LogP contribution in [0.5, 0.6) is 0 Å². The van der Waals surface area contributed by atoms with Crippen molar-refractivity contribution in [3.63, 3.8) is 0 Å². The van der Waals surface area contributed by atoms with E-state index in [1.807, 2.05) is 30.3 Å². The average Bonchev–Trinajstić information content (AvgIpc) is 2.34. The van der Waals surface area contributed by atoms with Gasteiger partial charge in [-0.3, -0.25) is 0 Å². The molecule has 1 aromatic carbocycles. The Morgan fingerprint density at radius 3 is 2.62 bits per heavy atom. The Kier molecular flexibility index (Phi) is 4.86. The van der Waals surface area contributed by atoms with Gasteiger partial charge in [0.1, 0.15) is 12.4 Å². The molecular formula is C13H14O3. The van der Waals surface area contributed by atoms with Gasteiger partial charge in [0.25, 0.3) is 0 Å². The minimum absolute atomic E-state index is 0.143. The number of benzene rings is 1. The van der Waals surface area contributed by atoms with E-state index in [4.69, 9.17) is 9.47 Å². The number of rotatable bonds is 4. The number of hydrogen-bond donors (Lipinski definition) is 0. The van der Waals surface area contributed by atoms with Crippen LogP contribution in [0.1, 0.15) is 12.5 Å². The SMILES string of the molecule is C=CCOC(=O)OC(=CC)c1ccccc1. The molecule has 1 rings (SSSR count). The quantitative estimate of drug-likeness (QED) is 0.441. The Bertz CT molecular complexity index is 379. The molecule has 0 fully saturated rings. The lowest BCUT2D eigenvalue weighted by Crippen LogP contribution is -2.06. The maximum absolute atomic E-state index is 11.2. The van der Waals surface area contributed by atoms with Crippen LogP contribution in [0.4, 0.5) is 4.79 Å². The van der Waals surface area contributed by atoms with Crippen molar-refractivity contribution in [2.24, 2.45) is 0 Å². The summed E-state index contributed by atoms with van der Waals surface area (Å²) in [5.74, 6) is 0.481. The highest BCUT2D eigenvalue weighted by molar-refractivity contribution is 5.72. The number of carbonyl (C=O) groups excluding carboxylic acids is 1. The molecule has 0 aliphatic carbocycles. The average molecular weight is 218 g/mol. The van der Waals surface area contributed by atoms with Crippen molar-refractivity contribution < 1.29 is 14.3 Å². The van der Waals surface area contributed by atoms with Gasteiger partial charge in [0, 0.05) is 5.56 Å². The predicted molar refractivity (Wildman–Crippen MR) is 62.7 cm³/mol. The van der Waals surface area contributed by atoms with Gasteiger partial charge >= 0.3 is 6.16 Å². The Morgan fingerprint density at radius 1 is 1.38 bits per heavy atom. The molecule has 0 atom stereocenters. The number of ether oxygens (including phenoxy) is 2. The second kappa shape index (κ2) is 6.45. The molecule has 16 heavy (non-hydrogen) atoms. The molecular weight excluding hydrogens is 204 g/mol. The van der Waals surface area contributed by atoms with Crippen molar-refractivity contribution in [2.45, 2.75) is 6.92 Å². The van der Waals surface area contributed by atoms with Crippen LogP contribution >= 0.6 is 0 Å². The van der Waals surface area contributed by atoms with Gasteiger partial charge in [-0.1, -0.05) is 43.0 Å². The lowest BCUT2D eigenvalue weighted by Gasteiger charge is -2.07. The van der Waals surface area contributed by atoms with Gasteiger partial charge in [-0.25, -0.2) is 4.79 Å². The molecule has 1 aromatic rings. The summed E-state index contributed by atoms with van der Waals surface area (Å²) in [5, 5.41) is 0. The lowest BCUT2D eigenvalue weighted by molar-refractivity contribution is 0.100. The predicted octanol–water partition coefficient (Wildman–Crippen LogP) is 3.39. The molecule has 84 valence electrons. The standard InChI is InChI=1S/C13H14O3/c1-3-10-15-13(14)16-12(4-2)11-8-6-5-7-9-11/h3-9H,1,10H2,2H3. The van der Waals surface area contributed by atoms with Crippen LogP contribution in [0.25, 0.3) is 5.76 Å². The third-order valence-corrected chi connectivity index (χ3v) is 1.83. The van der Waals surface area contributed by atoms with Crippen molar-refractivity contribution in [1.29, 1.82) is 0 Å². The van der Waals surface area contributed by atoms with E-state index in [9.17, 15) is 4.79 Å². The van der Waals surface area contributed by atoms with Gasteiger partial charge in [-0.2, -0.15) is 0 Å². The maximum Gasteiger partial charge on any atom is 0.514 e. The van der Waals surface area contributed by atoms with Crippen LogP contribution in [-0.4, -0.2) is 12.8 Å². The highest BCUT2D eigenvalue weighted by Crippen LogP contribution is 2.15. The molecule has 3 heteroatoms. The van der Waals surface area contributed by atoms with Crippen LogP contribution < -0.4 is 0 Å². The molecule has 0 spiro atoms. The molecule has 0 heterocycles. The van der Waals surface area contributed by atoms with E-state index in [2.05, 4.69) is 6.58 Å². The van der Waals surface area contributed by atoms with Crippen LogP contribution in [0.15, 0.2) is 49.1 Å². The third kappa shape index (κ3) is 3.61. The van der Waals surface area contributed by atoms with Crippen molar-refractivity contribution in [3.05, 3.63) is 54.6 Å². The molecule has 3 nitrogen and oxygen atoms in total. The normalized spacial score (nSPS) is 10.7. The summed E-state index contributed by atoms with van der Waals surface area (Å²) < 4.78 is 9.76. The first kappa shape index (κ1) is 12.0. The minimum Gasteiger partial charge on any atom is -0.430 e. The fraction of sp³-hybridized carbons (Fsp3) is 0.154. The first-order valence-corrected chi connectivity index (χ1v) is 4.95. The maximum atomic E-state index is 11.2. The second-order valence-corrected chi connectivity index (χ2v) is 2.97. The minimum atomic E-state index is -0.725. The van der Waals surface area contributed by atoms with Crippen molar-refractivity contribution in [1.82, 2.24) is 0 Å². The fourth-order valence-electron chi connectivity index (χ4n) is 1.13. The molecule has 0 aliphatic heterocycles. The van der Waals surface area contributed by atoms with Crippen molar-refractivity contribution >= 4 is 11.9 Å². The molecule has 0 saturated carbocycles. The molecule has 0 aromatic heterocycles. The van der Waals surface area contributed by atoms with Crippen LogP contribution in [0.2, 0.25) is 0 Å². The van der Waals surface area contributed by atoms with Gasteiger partial charge < -0.3 is 9.47 Å². The zero-order chi connectivity index (χ0) is 11.8. The van der Waals surface area contributed by atoms with Gasteiger partial charge in [-0.15, -0.1) is 0 Å². The highest BCUT2D eigenvalue weighted by Gasteiger charge is 2.08. The molecule has 0 bridgehead atoms. The van der Waals surface area contributed by atoms with Gasteiger partial charge in [0.05, 0.1) is 0 Å². The zero-order valence-corrected chi connectivity index (χ0v) is 9.18. The first-order valence-electron chi connectivity index (χ1n) is 4.95. The molecule has 0 unspecified atom stereocenters. The largest absolute Gasteiger partial charge is 0.514 e. The molecule has 0 aliphatic rings. The zero-order valence-electron chi connectivity index (χ0n) is 9.18. The molecule has 0 amide bonds. The summed E-state index contributed by atoms with van der Waals surface area (Å²) in [6.45, 7) is 5.38. The highest BCUT2D eigenvalue weighted by atomic mass is 16.7. The smallest absolute Gasteiger partial charge is 0.430 e. The van der Waals surface area contributed by atoms with E-state index in [0.717, 1.165) is 5.56 Å². The second-order valence-electron chi connectivity index (χ2n) is 2.97. The summed E-state index contributed by atoms with van der Waals surface area (Å²) in [4.78, 5) is 11.2. The topological polar surface area (TPSA) is 35.5 Å². The summed E-state index contributed by atoms with van der Waals surface area (Å²) in [6, 6.07) is 9.35. The number of hydrogen-bond acceptors (Lipinski definition) is 3. The van der Waals surface area contributed by atoms with Crippen LogP contribution in [-0.2, 0) is 9.47 Å². The van der Waals surface area contributed by atoms with Gasteiger partial charge in [0.2, 0.25) is 0 Å². The summed E-state index contributed by atoms with van der Waals surface area (Å²) >= 11 is 0. The van der Waals surface area contributed by atoms with E-state index in [-0.39, 0.29) is 6.61 Å².